The Hall–Kier alpha value is -0.913. The molecule has 1 atom stereocenters. The number of nitrogens with zero attached hydrogens (tertiary/aromatic N) is 2. The lowest BCUT2D eigenvalue weighted by Crippen LogP contribution is -2.41. The third-order valence-electron chi connectivity index (χ3n) is 4.69. The van der Waals surface area contributed by atoms with Crippen molar-refractivity contribution in [3.63, 3.8) is 0 Å². The summed E-state index contributed by atoms with van der Waals surface area (Å²) in [5.74, 6) is 0.979. The van der Waals surface area contributed by atoms with E-state index < -0.39 is 8.32 Å². The van der Waals surface area contributed by atoms with Gasteiger partial charge in [-0.25, -0.2) is 4.98 Å². The smallest absolute Gasteiger partial charge is 0.193 e. The predicted molar refractivity (Wildman–Crippen MR) is 103 cm³/mol. The quantitative estimate of drug-likeness (QED) is 0.600. The highest BCUT2D eigenvalue weighted by molar-refractivity contribution is 9.10. The van der Waals surface area contributed by atoms with E-state index in [0.29, 0.717) is 0 Å². The number of hydrogen-bond donors (Lipinski definition) is 0. The molecule has 0 spiro atoms. The lowest BCUT2D eigenvalue weighted by molar-refractivity contribution is 0.190. The van der Waals surface area contributed by atoms with Crippen LogP contribution in [0.2, 0.25) is 18.1 Å². The maximum Gasteiger partial charge on any atom is 0.193 e. The molecule has 0 saturated carbocycles. The maximum absolute atomic E-state index is 6.49. The molecule has 1 aromatic carbocycles. The van der Waals surface area contributed by atoms with Gasteiger partial charge >= 0.3 is 0 Å². The van der Waals surface area contributed by atoms with E-state index in [1.165, 1.54) is 0 Å². The van der Waals surface area contributed by atoms with E-state index in [-0.39, 0.29) is 11.1 Å². The lowest BCUT2D eigenvalue weighted by atomic mass is 10.2. The van der Waals surface area contributed by atoms with Gasteiger partial charge in [-0.2, -0.15) is 0 Å². The first-order valence-electron chi connectivity index (χ1n) is 7.98. The molecular weight excluding hydrogens is 368 g/mol. The highest BCUT2D eigenvalue weighted by Gasteiger charge is 2.39. The standard InChI is InChI=1S/C18H27BrN2OSi/c1-13(22-23(6,7)18(2,3)4)17-20-16(12-21(17)5)14-8-10-15(19)11-9-14/h8-13H,1-7H3. The topological polar surface area (TPSA) is 27.1 Å². The first-order valence-corrected chi connectivity index (χ1v) is 11.7. The van der Waals surface area contributed by atoms with Crippen molar-refractivity contribution in [3.05, 3.63) is 40.8 Å². The van der Waals surface area contributed by atoms with E-state index in [0.717, 1.165) is 21.6 Å². The molecule has 1 unspecified atom stereocenters. The first kappa shape index (κ1) is 18.4. The monoisotopic (exact) mass is 394 g/mol. The number of rotatable bonds is 4. The van der Waals surface area contributed by atoms with Crippen LogP contribution >= 0.6 is 15.9 Å². The van der Waals surface area contributed by atoms with Crippen LogP contribution in [0, 0.1) is 0 Å². The molecule has 0 N–H and O–H groups in total. The number of aromatic nitrogens is 2. The van der Waals surface area contributed by atoms with Crippen LogP contribution in [0.3, 0.4) is 0 Å². The maximum atomic E-state index is 6.49. The van der Waals surface area contributed by atoms with Crippen LogP contribution < -0.4 is 0 Å². The van der Waals surface area contributed by atoms with Gasteiger partial charge in [0.1, 0.15) is 11.9 Å². The van der Waals surface area contributed by atoms with Crippen molar-refractivity contribution in [2.45, 2.75) is 51.9 Å². The van der Waals surface area contributed by atoms with Crippen LogP contribution in [0.15, 0.2) is 34.9 Å². The molecular formula is C18H27BrN2OSi. The van der Waals surface area contributed by atoms with E-state index in [9.17, 15) is 0 Å². The number of imidazole rings is 1. The van der Waals surface area contributed by atoms with Crippen LogP contribution in [0.5, 0.6) is 0 Å². The molecule has 0 aliphatic rings. The molecule has 0 saturated heterocycles. The summed E-state index contributed by atoms with van der Waals surface area (Å²) in [4.78, 5) is 4.82. The summed E-state index contributed by atoms with van der Waals surface area (Å²) in [5, 5.41) is 0.195. The molecule has 3 nitrogen and oxygen atoms in total. The Morgan fingerprint density at radius 3 is 2.26 bits per heavy atom. The number of benzene rings is 1. The molecule has 5 heteroatoms. The van der Waals surface area contributed by atoms with Crippen LogP contribution in [-0.2, 0) is 11.5 Å². The van der Waals surface area contributed by atoms with Gasteiger partial charge in [0.25, 0.3) is 0 Å². The fourth-order valence-corrected chi connectivity index (χ4v) is 3.90. The van der Waals surface area contributed by atoms with Crippen molar-refractivity contribution >= 4 is 24.2 Å². The zero-order valence-corrected chi connectivity index (χ0v) is 17.7. The lowest BCUT2D eigenvalue weighted by Gasteiger charge is -2.38. The first-order chi connectivity index (χ1) is 10.5. The summed E-state index contributed by atoms with van der Waals surface area (Å²) in [6, 6.07) is 8.24. The molecule has 0 amide bonds. The van der Waals surface area contributed by atoms with Gasteiger partial charge < -0.3 is 8.99 Å². The minimum absolute atomic E-state index is 0.00918. The molecule has 0 aliphatic heterocycles. The third-order valence-corrected chi connectivity index (χ3v) is 9.78. The Kier molecular flexibility index (Phi) is 5.23. The molecule has 126 valence electrons. The van der Waals surface area contributed by atoms with Gasteiger partial charge in [-0.3, -0.25) is 0 Å². The molecule has 2 rings (SSSR count). The molecule has 1 heterocycles. The van der Waals surface area contributed by atoms with Crippen LogP contribution in [0.1, 0.15) is 39.6 Å². The van der Waals surface area contributed by atoms with Crippen LogP contribution in [0.25, 0.3) is 11.3 Å². The summed E-state index contributed by atoms with van der Waals surface area (Å²) in [7, 11) is 0.227. The second-order valence-electron chi connectivity index (χ2n) is 7.62. The Morgan fingerprint density at radius 1 is 1.17 bits per heavy atom. The highest BCUT2D eigenvalue weighted by Crippen LogP contribution is 2.39. The van der Waals surface area contributed by atoms with Crippen molar-refractivity contribution in [3.8, 4) is 11.3 Å². The molecule has 0 bridgehead atoms. The largest absolute Gasteiger partial charge is 0.407 e. The zero-order valence-electron chi connectivity index (χ0n) is 15.1. The molecule has 0 radical (unpaired) electrons. The second kappa shape index (κ2) is 6.53. The summed E-state index contributed by atoms with van der Waals surface area (Å²) in [6.45, 7) is 13.4. The van der Waals surface area contributed by atoms with E-state index in [4.69, 9.17) is 9.41 Å². The fraction of sp³-hybridized carbons (Fsp3) is 0.500. The zero-order chi connectivity index (χ0) is 17.4. The van der Waals surface area contributed by atoms with Gasteiger partial charge in [0.15, 0.2) is 8.32 Å². The average molecular weight is 395 g/mol. The van der Waals surface area contributed by atoms with Gasteiger partial charge in [-0.05, 0) is 37.2 Å². The highest BCUT2D eigenvalue weighted by atomic mass is 79.9. The van der Waals surface area contributed by atoms with Crippen molar-refractivity contribution < 1.29 is 4.43 Å². The van der Waals surface area contributed by atoms with E-state index >= 15 is 0 Å². The van der Waals surface area contributed by atoms with E-state index in [1.807, 2.05) is 19.2 Å². The Morgan fingerprint density at radius 2 is 1.74 bits per heavy atom. The summed E-state index contributed by atoms with van der Waals surface area (Å²) in [6.07, 6.45) is 2.06. The van der Waals surface area contributed by atoms with Crippen LogP contribution in [0.4, 0.5) is 0 Å². The number of aryl methyl sites for hydroxylation is 1. The molecule has 0 aliphatic carbocycles. The average Bonchev–Trinajstić information content (AvgIpc) is 2.80. The fourth-order valence-electron chi connectivity index (χ4n) is 2.29. The van der Waals surface area contributed by atoms with Gasteiger partial charge in [-0.15, -0.1) is 0 Å². The van der Waals surface area contributed by atoms with Gasteiger partial charge in [0.05, 0.1) is 5.69 Å². The summed E-state index contributed by atoms with van der Waals surface area (Å²) < 4.78 is 9.64. The number of halogens is 1. The van der Waals surface area contributed by atoms with E-state index in [1.54, 1.807) is 0 Å². The molecule has 1 aromatic heterocycles. The third kappa shape index (κ3) is 4.14. The predicted octanol–water partition coefficient (Wildman–Crippen LogP) is 5.93. The second-order valence-corrected chi connectivity index (χ2v) is 13.3. The van der Waals surface area contributed by atoms with Gasteiger partial charge in [0.2, 0.25) is 0 Å². The Balaban J connectivity index is 2.26. The molecule has 0 fully saturated rings. The normalized spacial score (nSPS) is 14.1. The van der Waals surface area contributed by atoms with Crippen LogP contribution in [-0.4, -0.2) is 17.9 Å². The van der Waals surface area contributed by atoms with Crippen molar-refractivity contribution in [2.75, 3.05) is 0 Å². The van der Waals surface area contributed by atoms with Crippen molar-refractivity contribution in [2.24, 2.45) is 7.05 Å². The molecule has 23 heavy (non-hydrogen) atoms. The minimum Gasteiger partial charge on any atom is -0.407 e. The molecule has 2 aromatic rings. The summed E-state index contributed by atoms with van der Waals surface area (Å²) >= 11 is 3.47. The van der Waals surface area contributed by atoms with Gasteiger partial charge in [-0.1, -0.05) is 48.8 Å². The van der Waals surface area contributed by atoms with E-state index in [2.05, 4.69) is 79.6 Å². The Labute approximate surface area is 149 Å². The number of hydrogen-bond acceptors (Lipinski definition) is 2. The Bertz CT molecular complexity index is 671. The van der Waals surface area contributed by atoms with Crippen molar-refractivity contribution in [1.29, 1.82) is 0 Å². The minimum atomic E-state index is -1.81. The van der Waals surface area contributed by atoms with Gasteiger partial charge in [0, 0.05) is 23.3 Å². The SMILES string of the molecule is CC(O[Si](C)(C)C(C)(C)C)c1nc(-c2ccc(Br)cc2)cn1C. The summed E-state index contributed by atoms with van der Waals surface area (Å²) in [5.41, 5.74) is 2.11. The van der Waals surface area contributed by atoms with Crippen molar-refractivity contribution in [1.82, 2.24) is 9.55 Å².